The third-order valence-electron chi connectivity index (χ3n) is 2.73. The number of nitrogens with one attached hydrogen (secondary N) is 2. The summed E-state index contributed by atoms with van der Waals surface area (Å²) in [7, 11) is 0. The van der Waals surface area contributed by atoms with Crippen molar-refractivity contribution in [1.29, 1.82) is 0 Å². The van der Waals surface area contributed by atoms with E-state index in [1.54, 1.807) is 0 Å². The second kappa shape index (κ2) is 8.21. The molecule has 3 nitrogen and oxygen atoms in total. The minimum absolute atomic E-state index is 0.850. The van der Waals surface area contributed by atoms with Crippen LogP contribution < -0.4 is 10.6 Å². The standard InChI is InChI=1S/C11H24N2O/c1-2-12-6-3-7-13-10-11-4-8-14-9-5-11/h11-13H,2-10H2,1H3. The first-order valence-electron chi connectivity index (χ1n) is 5.92. The highest BCUT2D eigenvalue weighted by Crippen LogP contribution is 2.12. The van der Waals surface area contributed by atoms with E-state index in [2.05, 4.69) is 17.6 Å². The fraction of sp³-hybridized carbons (Fsp3) is 1.00. The molecule has 1 saturated heterocycles. The Hall–Kier alpha value is -0.120. The van der Waals surface area contributed by atoms with Crippen LogP contribution in [0.2, 0.25) is 0 Å². The van der Waals surface area contributed by atoms with E-state index < -0.39 is 0 Å². The molecular formula is C11H24N2O. The summed E-state index contributed by atoms with van der Waals surface area (Å²) < 4.78 is 5.32. The summed E-state index contributed by atoms with van der Waals surface area (Å²) in [5, 5.41) is 6.85. The summed E-state index contributed by atoms with van der Waals surface area (Å²) in [4.78, 5) is 0. The third-order valence-corrected chi connectivity index (χ3v) is 2.73. The van der Waals surface area contributed by atoms with Crippen LogP contribution in [0.15, 0.2) is 0 Å². The van der Waals surface area contributed by atoms with Gasteiger partial charge in [0.25, 0.3) is 0 Å². The van der Waals surface area contributed by atoms with E-state index >= 15 is 0 Å². The van der Waals surface area contributed by atoms with Crippen molar-refractivity contribution in [3.63, 3.8) is 0 Å². The van der Waals surface area contributed by atoms with E-state index in [9.17, 15) is 0 Å². The van der Waals surface area contributed by atoms with Gasteiger partial charge in [0, 0.05) is 13.2 Å². The number of hydrogen-bond donors (Lipinski definition) is 2. The van der Waals surface area contributed by atoms with Gasteiger partial charge in [-0.25, -0.2) is 0 Å². The first-order valence-corrected chi connectivity index (χ1v) is 5.92. The van der Waals surface area contributed by atoms with Gasteiger partial charge in [0.05, 0.1) is 0 Å². The second-order valence-corrected chi connectivity index (χ2v) is 3.97. The Labute approximate surface area is 87.6 Å². The quantitative estimate of drug-likeness (QED) is 0.602. The lowest BCUT2D eigenvalue weighted by Crippen LogP contribution is -2.29. The predicted octanol–water partition coefficient (Wildman–Crippen LogP) is 1.00. The Morgan fingerprint density at radius 2 is 1.86 bits per heavy atom. The zero-order valence-corrected chi connectivity index (χ0v) is 9.35. The molecule has 2 N–H and O–H groups in total. The molecule has 0 unspecified atom stereocenters. The summed E-state index contributed by atoms with van der Waals surface area (Å²) >= 11 is 0. The van der Waals surface area contributed by atoms with Crippen molar-refractivity contribution in [1.82, 2.24) is 10.6 Å². The van der Waals surface area contributed by atoms with Crippen LogP contribution in [-0.4, -0.2) is 39.4 Å². The molecular weight excluding hydrogens is 176 g/mol. The summed E-state index contributed by atoms with van der Waals surface area (Å²) in [5.41, 5.74) is 0. The lowest BCUT2D eigenvalue weighted by atomic mass is 10.0. The van der Waals surface area contributed by atoms with E-state index in [4.69, 9.17) is 4.74 Å². The molecule has 1 fully saturated rings. The number of ether oxygens (including phenoxy) is 1. The molecule has 0 aromatic carbocycles. The summed E-state index contributed by atoms with van der Waals surface area (Å²) in [5.74, 6) is 0.850. The van der Waals surface area contributed by atoms with E-state index in [1.165, 1.54) is 25.8 Å². The molecule has 0 amide bonds. The molecule has 0 aromatic heterocycles. The maximum absolute atomic E-state index is 5.32. The summed E-state index contributed by atoms with van der Waals surface area (Å²) in [6, 6.07) is 0. The van der Waals surface area contributed by atoms with Crippen LogP contribution in [0.4, 0.5) is 0 Å². The topological polar surface area (TPSA) is 33.3 Å². The average Bonchev–Trinajstić information content (AvgIpc) is 2.25. The van der Waals surface area contributed by atoms with Gasteiger partial charge in [-0.05, 0) is 51.4 Å². The van der Waals surface area contributed by atoms with Crippen LogP contribution in [0, 0.1) is 5.92 Å². The van der Waals surface area contributed by atoms with Gasteiger partial charge in [0.2, 0.25) is 0 Å². The van der Waals surface area contributed by atoms with E-state index in [0.29, 0.717) is 0 Å². The lowest BCUT2D eigenvalue weighted by molar-refractivity contribution is 0.0663. The molecule has 0 radical (unpaired) electrons. The average molecular weight is 200 g/mol. The molecule has 84 valence electrons. The van der Waals surface area contributed by atoms with E-state index in [0.717, 1.165) is 38.8 Å². The fourth-order valence-electron chi connectivity index (χ4n) is 1.77. The van der Waals surface area contributed by atoms with E-state index in [-0.39, 0.29) is 0 Å². The fourth-order valence-corrected chi connectivity index (χ4v) is 1.77. The molecule has 0 aromatic rings. The maximum Gasteiger partial charge on any atom is 0.0469 e. The second-order valence-electron chi connectivity index (χ2n) is 3.97. The lowest BCUT2D eigenvalue weighted by Gasteiger charge is -2.22. The van der Waals surface area contributed by atoms with Crippen molar-refractivity contribution in [3.8, 4) is 0 Å². The van der Waals surface area contributed by atoms with Gasteiger partial charge in [0.1, 0.15) is 0 Å². The molecule has 0 saturated carbocycles. The first-order chi connectivity index (χ1) is 6.93. The highest BCUT2D eigenvalue weighted by molar-refractivity contribution is 4.66. The number of hydrogen-bond acceptors (Lipinski definition) is 3. The Morgan fingerprint density at radius 1 is 1.14 bits per heavy atom. The van der Waals surface area contributed by atoms with Crippen LogP contribution >= 0.6 is 0 Å². The summed E-state index contributed by atoms with van der Waals surface area (Å²) in [6.45, 7) is 8.61. The molecule has 3 heteroatoms. The molecule has 1 rings (SSSR count). The van der Waals surface area contributed by atoms with Gasteiger partial charge in [0.15, 0.2) is 0 Å². The van der Waals surface area contributed by atoms with Crippen LogP contribution in [0.25, 0.3) is 0 Å². The number of rotatable bonds is 7. The van der Waals surface area contributed by atoms with Gasteiger partial charge in [-0.15, -0.1) is 0 Å². The van der Waals surface area contributed by atoms with Gasteiger partial charge in [-0.2, -0.15) is 0 Å². The zero-order valence-electron chi connectivity index (χ0n) is 9.35. The van der Waals surface area contributed by atoms with Crippen molar-refractivity contribution in [3.05, 3.63) is 0 Å². The molecule has 0 spiro atoms. The Morgan fingerprint density at radius 3 is 2.57 bits per heavy atom. The first kappa shape index (κ1) is 12.0. The van der Waals surface area contributed by atoms with Gasteiger partial charge >= 0.3 is 0 Å². The van der Waals surface area contributed by atoms with Crippen molar-refractivity contribution in [2.24, 2.45) is 5.92 Å². The highest BCUT2D eigenvalue weighted by Gasteiger charge is 2.12. The minimum atomic E-state index is 0.850. The van der Waals surface area contributed by atoms with Gasteiger partial charge in [-0.3, -0.25) is 0 Å². The Balaban J connectivity index is 1.82. The predicted molar refractivity (Wildman–Crippen MR) is 59.6 cm³/mol. The normalized spacial score (nSPS) is 18.6. The largest absolute Gasteiger partial charge is 0.381 e. The van der Waals surface area contributed by atoms with Gasteiger partial charge < -0.3 is 15.4 Å². The van der Waals surface area contributed by atoms with Crippen molar-refractivity contribution in [2.45, 2.75) is 26.2 Å². The zero-order chi connectivity index (χ0) is 10.1. The SMILES string of the molecule is CCNCCCNCC1CCOCC1. The molecule has 1 aliphatic heterocycles. The minimum Gasteiger partial charge on any atom is -0.381 e. The van der Waals surface area contributed by atoms with Gasteiger partial charge in [-0.1, -0.05) is 6.92 Å². The van der Waals surface area contributed by atoms with Crippen molar-refractivity contribution < 1.29 is 4.74 Å². The van der Waals surface area contributed by atoms with Crippen molar-refractivity contribution >= 4 is 0 Å². The Bertz CT molecular complexity index is 124. The Kier molecular flexibility index (Phi) is 7.01. The smallest absolute Gasteiger partial charge is 0.0469 e. The molecule has 0 aliphatic carbocycles. The maximum atomic E-state index is 5.32. The van der Waals surface area contributed by atoms with Crippen molar-refractivity contribution in [2.75, 3.05) is 39.4 Å². The third kappa shape index (κ3) is 5.58. The van der Waals surface area contributed by atoms with Crippen LogP contribution in [0.5, 0.6) is 0 Å². The summed E-state index contributed by atoms with van der Waals surface area (Å²) in [6.07, 6.45) is 3.71. The van der Waals surface area contributed by atoms with Crippen LogP contribution in [0.1, 0.15) is 26.2 Å². The monoisotopic (exact) mass is 200 g/mol. The van der Waals surface area contributed by atoms with E-state index in [1.807, 2.05) is 0 Å². The highest BCUT2D eigenvalue weighted by atomic mass is 16.5. The molecule has 14 heavy (non-hydrogen) atoms. The van der Waals surface area contributed by atoms with Crippen LogP contribution in [0.3, 0.4) is 0 Å². The van der Waals surface area contributed by atoms with Crippen LogP contribution in [-0.2, 0) is 4.74 Å². The molecule has 1 aliphatic rings. The molecule has 1 heterocycles. The molecule has 0 bridgehead atoms. The molecule has 0 atom stereocenters.